The molecule has 1 aromatic rings. The summed E-state index contributed by atoms with van der Waals surface area (Å²) in [6, 6.07) is 4.33. The minimum absolute atomic E-state index is 0.0129. The van der Waals surface area contributed by atoms with Crippen molar-refractivity contribution >= 4 is 34.2 Å². The van der Waals surface area contributed by atoms with Crippen molar-refractivity contribution in [2.24, 2.45) is 11.8 Å². The maximum absolute atomic E-state index is 13.0. The normalized spacial score (nSPS) is 29.3. The second-order valence-corrected chi connectivity index (χ2v) is 6.52. The summed E-state index contributed by atoms with van der Waals surface area (Å²) in [7, 11) is 0. The highest BCUT2D eigenvalue weighted by atomic mass is 127. The van der Waals surface area contributed by atoms with Crippen LogP contribution in [0.3, 0.4) is 0 Å². The van der Waals surface area contributed by atoms with Gasteiger partial charge in [0.1, 0.15) is 5.82 Å². The molecule has 0 aromatic heterocycles. The third-order valence-corrected chi connectivity index (χ3v) is 5.11. The molecule has 0 bridgehead atoms. The minimum atomic E-state index is -0.280. The lowest BCUT2D eigenvalue weighted by Gasteiger charge is -2.18. The molecule has 1 saturated heterocycles. The second kappa shape index (κ2) is 5.36. The minimum Gasteiger partial charge on any atom is -0.324 e. The Morgan fingerprint density at radius 3 is 3.05 bits per heavy atom. The molecule has 3 nitrogen and oxygen atoms in total. The van der Waals surface area contributed by atoms with Gasteiger partial charge in [0.15, 0.2) is 0 Å². The monoisotopic (exact) mass is 374 g/mol. The van der Waals surface area contributed by atoms with Crippen molar-refractivity contribution in [3.63, 3.8) is 0 Å². The summed E-state index contributed by atoms with van der Waals surface area (Å²) in [5.41, 5.74) is 0.690. The standard InChI is InChI=1S/C14H16FIN2O/c15-9-4-5-12(11(16)6-9)18-14(19)13-10-3-1-2-8(10)7-17-13/h4-6,8,10,13,17H,1-3,7H2,(H,18,19). The molecule has 3 atom stereocenters. The molecule has 102 valence electrons. The molecule has 1 saturated carbocycles. The first-order chi connectivity index (χ1) is 9.15. The predicted molar refractivity (Wildman–Crippen MR) is 80.4 cm³/mol. The molecule has 1 amide bonds. The smallest absolute Gasteiger partial charge is 0.241 e. The molecule has 0 spiro atoms. The van der Waals surface area contributed by atoms with Gasteiger partial charge in [-0.15, -0.1) is 0 Å². The fourth-order valence-electron chi connectivity index (χ4n) is 3.28. The Hall–Kier alpha value is -0.690. The van der Waals surface area contributed by atoms with Crippen LogP contribution in [0.4, 0.5) is 10.1 Å². The van der Waals surface area contributed by atoms with E-state index in [1.165, 1.54) is 25.0 Å². The molecular weight excluding hydrogens is 358 g/mol. The molecule has 1 aliphatic heterocycles. The predicted octanol–water partition coefficient (Wildman–Crippen LogP) is 2.76. The molecule has 19 heavy (non-hydrogen) atoms. The molecule has 1 heterocycles. The van der Waals surface area contributed by atoms with Gasteiger partial charge in [0.2, 0.25) is 5.91 Å². The summed E-state index contributed by atoms with van der Waals surface area (Å²) in [5, 5.41) is 6.24. The van der Waals surface area contributed by atoms with Crippen LogP contribution in [0.15, 0.2) is 18.2 Å². The summed E-state index contributed by atoms with van der Waals surface area (Å²) in [6.07, 6.45) is 3.60. The highest BCUT2D eigenvalue weighted by Gasteiger charge is 2.42. The molecular formula is C14H16FIN2O. The number of anilines is 1. The van der Waals surface area contributed by atoms with Gasteiger partial charge in [0, 0.05) is 3.57 Å². The topological polar surface area (TPSA) is 41.1 Å². The Kier molecular flexibility index (Phi) is 3.75. The van der Waals surface area contributed by atoms with Gasteiger partial charge in [-0.25, -0.2) is 4.39 Å². The number of hydrogen-bond acceptors (Lipinski definition) is 2. The first-order valence-electron chi connectivity index (χ1n) is 6.64. The SMILES string of the molecule is O=C(Nc1ccc(F)cc1I)C1NCC2CCCC21. The number of nitrogens with one attached hydrogen (secondary N) is 2. The van der Waals surface area contributed by atoms with Crippen LogP contribution >= 0.6 is 22.6 Å². The van der Waals surface area contributed by atoms with E-state index in [9.17, 15) is 9.18 Å². The lowest BCUT2D eigenvalue weighted by Crippen LogP contribution is -2.39. The van der Waals surface area contributed by atoms with Crippen molar-refractivity contribution in [3.8, 4) is 0 Å². The van der Waals surface area contributed by atoms with Crippen molar-refractivity contribution in [1.29, 1.82) is 0 Å². The van der Waals surface area contributed by atoms with Crippen molar-refractivity contribution in [2.45, 2.75) is 25.3 Å². The average Bonchev–Trinajstić information content (AvgIpc) is 2.94. The zero-order valence-electron chi connectivity index (χ0n) is 10.5. The Morgan fingerprint density at radius 1 is 1.42 bits per heavy atom. The van der Waals surface area contributed by atoms with Gasteiger partial charge in [-0.3, -0.25) is 4.79 Å². The number of carbonyl (C=O) groups is 1. The van der Waals surface area contributed by atoms with Crippen molar-refractivity contribution in [2.75, 3.05) is 11.9 Å². The van der Waals surface area contributed by atoms with E-state index in [1.54, 1.807) is 6.07 Å². The van der Waals surface area contributed by atoms with Crippen LogP contribution in [0.2, 0.25) is 0 Å². The molecule has 2 fully saturated rings. The molecule has 2 aliphatic rings. The maximum atomic E-state index is 13.0. The van der Waals surface area contributed by atoms with E-state index < -0.39 is 0 Å². The summed E-state index contributed by atoms with van der Waals surface area (Å²) >= 11 is 2.04. The molecule has 1 aliphatic carbocycles. The van der Waals surface area contributed by atoms with E-state index in [2.05, 4.69) is 10.6 Å². The second-order valence-electron chi connectivity index (χ2n) is 5.35. The van der Waals surface area contributed by atoms with Crippen molar-refractivity contribution < 1.29 is 9.18 Å². The van der Waals surface area contributed by atoms with E-state index in [0.29, 0.717) is 17.5 Å². The summed E-state index contributed by atoms with van der Waals surface area (Å²) in [5.74, 6) is 0.859. The number of halogens is 2. The third kappa shape index (κ3) is 2.63. The quantitative estimate of drug-likeness (QED) is 0.782. The lowest BCUT2D eigenvalue weighted by atomic mass is 9.93. The van der Waals surface area contributed by atoms with E-state index in [1.807, 2.05) is 22.6 Å². The third-order valence-electron chi connectivity index (χ3n) is 4.22. The zero-order valence-corrected chi connectivity index (χ0v) is 12.6. The van der Waals surface area contributed by atoms with Gasteiger partial charge < -0.3 is 10.6 Å². The summed E-state index contributed by atoms with van der Waals surface area (Å²) in [4.78, 5) is 12.3. The Bertz CT molecular complexity index is 508. The Labute approximate surface area is 125 Å². The fraction of sp³-hybridized carbons (Fsp3) is 0.500. The van der Waals surface area contributed by atoms with Crippen molar-refractivity contribution in [3.05, 3.63) is 27.6 Å². The highest BCUT2D eigenvalue weighted by molar-refractivity contribution is 14.1. The fourth-order valence-corrected chi connectivity index (χ4v) is 3.89. The van der Waals surface area contributed by atoms with Gasteiger partial charge >= 0.3 is 0 Å². The van der Waals surface area contributed by atoms with Crippen LogP contribution in [0.25, 0.3) is 0 Å². The molecule has 0 radical (unpaired) electrons. The van der Waals surface area contributed by atoms with E-state index in [0.717, 1.165) is 16.5 Å². The van der Waals surface area contributed by atoms with Crippen LogP contribution in [-0.2, 0) is 4.79 Å². The van der Waals surface area contributed by atoms with Crippen LogP contribution < -0.4 is 10.6 Å². The number of rotatable bonds is 2. The van der Waals surface area contributed by atoms with Gasteiger partial charge in [-0.05, 0) is 72.0 Å². The number of hydrogen-bond donors (Lipinski definition) is 2. The number of amides is 1. The summed E-state index contributed by atoms with van der Waals surface area (Å²) in [6.45, 7) is 0.948. The zero-order chi connectivity index (χ0) is 13.4. The molecule has 3 rings (SSSR count). The van der Waals surface area contributed by atoms with E-state index in [4.69, 9.17) is 0 Å². The first-order valence-corrected chi connectivity index (χ1v) is 7.72. The van der Waals surface area contributed by atoms with Crippen LogP contribution in [0.5, 0.6) is 0 Å². The largest absolute Gasteiger partial charge is 0.324 e. The van der Waals surface area contributed by atoms with Gasteiger partial charge in [-0.1, -0.05) is 6.42 Å². The Balaban J connectivity index is 1.71. The molecule has 2 N–H and O–H groups in total. The van der Waals surface area contributed by atoms with E-state index >= 15 is 0 Å². The highest BCUT2D eigenvalue weighted by Crippen LogP contribution is 2.38. The maximum Gasteiger partial charge on any atom is 0.241 e. The molecule has 1 aromatic carbocycles. The number of benzene rings is 1. The average molecular weight is 374 g/mol. The van der Waals surface area contributed by atoms with E-state index in [-0.39, 0.29) is 17.8 Å². The van der Waals surface area contributed by atoms with Crippen LogP contribution in [0, 0.1) is 21.2 Å². The van der Waals surface area contributed by atoms with Gasteiger partial charge in [0.25, 0.3) is 0 Å². The van der Waals surface area contributed by atoms with Crippen LogP contribution in [0.1, 0.15) is 19.3 Å². The lowest BCUT2D eigenvalue weighted by molar-refractivity contribution is -0.118. The Morgan fingerprint density at radius 2 is 2.26 bits per heavy atom. The molecule has 3 unspecified atom stereocenters. The molecule has 5 heteroatoms. The van der Waals surface area contributed by atoms with Gasteiger partial charge in [-0.2, -0.15) is 0 Å². The first kappa shape index (κ1) is 13.3. The van der Waals surface area contributed by atoms with Gasteiger partial charge in [0.05, 0.1) is 11.7 Å². The number of fused-ring (bicyclic) bond motifs is 1. The van der Waals surface area contributed by atoms with Crippen LogP contribution in [-0.4, -0.2) is 18.5 Å². The van der Waals surface area contributed by atoms with Crippen molar-refractivity contribution in [1.82, 2.24) is 5.32 Å². The summed E-state index contributed by atoms with van der Waals surface area (Å²) < 4.78 is 13.8. The number of carbonyl (C=O) groups excluding carboxylic acids is 1.